The van der Waals surface area contributed by atoms with Crippen molar-refractivity contribution >= 4 is 11.0 Å². The Hall–Kier alpha value is -2.43. The summed E-state index contributed by atoms with van der Waals surface area (Å²) >= 11 is 0. The maximum absolute atomic E-state index is 13.2. The average Bonchev–Trinajstić information content (AvgIpc) is 2.79. The minimum Gasteiger partial charge on any atom is -0.503 e. The number of nitrogens with one attached hydrogen (secondary N) is 1. The van der Waals surface area contributed by atoms with Gasteiger partial charge >= 0.3 is 0 Å². The van der Waals surface area contributed by atoms with Gasteiger partial charge in [-0.3, -0.25) is 0 Å². The van der Waals surface area contributed by atoms with Gasteiger partial charge in [-0.1, -0.05) is 12.1 Å². The van der Waals surface area contributed by atoms with Crippen LogP contribution in [0.25, 0.3) is 22.4 Å². The summed E-state index contributed by atoms with van der Waals surface area (Å²) in [5, 5.41) is 9.04. The molecule has 0 aliphatic carbocycles. The van der Waals surface area contributed by atoms with Crippen molar-refractivity contribution in [2.24, 2.45) is 0 Å². The van der Waals surface area contributed by atoms with E-state index in [0.717, 1.165) is 17.6 Å². The number of hydrogen-bond donors (Lipinski definition) is 2. The molecule has 3 rings (SSSR count). The lowest BCUT2D eigenvalue weighted by molar-refractivity contribution is 0.396. The van der Waals surface area contributed by atoms with E-state index in [1.54, 1.807) is 6.07 Å². The first-order valence-electron chi connectivity index (χ1n) is 5.28. The van der Waals surface area contributed by atoms with Gasteiger partial charge in [-0.2, -0.15) is 0 Å². The van der Waals surface area contributed by atoms with Crippen molar-refractivity contribution in [3.63, 3.8) is 0 Å². The van der Waals surface area contributed by atoms with E-state index < -0.39 is 17.4 Å². The Morgan fingerprint density at radius 3 is 2.39 bits per heavy atom. The van der Waals surface area contributed by atoms with E-state index >= 15 is 0 Å². The third kappa shape index (κ3) is 1.60. The SMILES string of the molecule is Oc1c(F)cc(-c2nc3ccccc3[nH]2)cc1F. The van der Waals surface area contributed by atoms with E-state index in [9.17, 15) is 8.78 Å². The van der Waals surface area contributed by atoms with E-state index in [1.165, 1.54) is 0 Å². The van der Waals surface area contributed by atoms with Crippen LogP contribution in [-0.2, 0) is 0 Å². The summed E-state index contributed by atoms with van der Waals surface area (Å²) in [6, 6.07) is 9.35. The first-order valence-corrected chi connectivity index (χ1v) is 5.28. The highest BCUT2D eigenvalue weighted by molar-refractivity contribution is 5.79. The lowest BCUT2D eigenvalue weighted by Crippen LogP contribution is -1.87. The van der Waals surface area contributed by atoms with E-state index in [-0.39, 0.29) is 5.56 Å². The Morgan fingerprint density at radius 2 is 1.72 bits per heavy atom. The van der Waals surface area contributed by atoms with Crippen molar-refractivity contribution < 1.29 is 13.9 Å². The minimum atomic E-state index is -1.01. The number of nitrogens with zero attached hydrogens (tertiary/aromatic N) is 1. The van der Waals surface area contributed by atoms with Gasteiger partial charge in [0.05, 0.1) is 11.0 Å². The fourth-order valence-electron chi connectivity index (χ4n) is 1.79. The normalized spacial score (nSPS) is 11.0. The maximum atomic E-state index is 13.2. The average molecular weight is 246 g/mol. The molecule has 0 radical (unpaired) electrons. The van der Waals surface area contributed by atoms with Crippen molar-refractivity contribution in [1.82, 2.24) is 9.97 Å². The molecule has 3 nitrogen and oxygen atoms in total. The van der Waals surface area contributed by atoms with E-state index in [0.29, 0.717) is 11.3 Å². The zero-order valence-electron chi connectivity index (χ0n) is 9.11. The van der Waals surface area contributed by atoms with E-state index in [1.807, 2.05) is 18.2 Å². The van der Waals surface area contributed by atoms with Gasteiger partial charge in [-0.15, -0.1) is 0 Å². The van der Waals surface area contributed by atoms with Gasteiger partial charge in [0.2, 0.25) is 0 Å². The quantitative estimate of drug-likeness (QED) is 0.692. The summed E-state index contributed by atoms with van der Waals surface area (Å²) in [7, 11) is 0. The summed E-state index contributed by atoms with van der Waals surface area (Å²) < 4.78 is 26.5. The second-order valence-corrected chi connectivity index (χ2v) is 3.89. The molecular weight excluding hydrogens is 238 g/mol. The van der Waals surface area contributed by atoms with Crippen molar-refractivity contribution in [3.8, 4) is 17.1 Å². The smallest absolute Gasteiger partial charge is 0.187 e. The zero-order valence-corrected chi connectivity index (χ0v) is 9.11. The number of aromatic amines is 1. The van der Waals surface area contributed by atoms with Gasteiger partial charge in [-0.05, 0) is 24.3 Å². The van der Waals surface area contributed by atoms with Crippen LogP contribution in [0.4, 0.5) is 8.78 Å². The van der Waals surface area contributed by atoms with Gasteiger partial charge in [0.15, 0.2) is 17.4 Å². The van der Waals surface area contributed by atoms with Crippen LogP contribution in [0, 0.1) is 11.6 Å². The highest BCUT2D eigenvalue weighted by Crippen LogP contribution is 2.27. The molecule has 0 aliphatic heterocycles. The second-order valence-electron chi connectivity index (χ2n) is 3.89. The number of aromatic hydroxyl groups is 1. The van der Waals surface area contributed by atoms with Crippen LogP contribution in [0.5, 0.6) is 5.75 Å². The largest absolute Gasteiger partial charge is 0.503 e. The van der Waals surface area contributed by atoms with Crippen LogP contribution in [0.2, 0.25) is 0 Å². The van der Waals surface area contributed by atoms with Crippen molar-refractivity contribution in [2.75, 3.05) is 0 Å². The first kappa shape index (κ1) is 10.7. The molecule has 90 valence electrons. The molecule has 0 fully saturated rings. The lowest BCUT2D eigenvalue weighted by Gasteiger charge is -2.00. The first-order chi connectivity index (χ1) is 8.65. The van der Waals surface area contributed by atoms with E-state index in [4.69, 9.17) is 5.11 Å². The number of fused-ring (bicyclic) bond motifs is 1. The number of halogens is 2. The monoisotopic (exact) mass is 246 g/mol. The predicted octanol–water partition coefficient (Wildman–Crippen LogP) is 3.21. The highest BCUT2D eigenvalue weighted by Gasteiger charge is 2.13. The number of hydrogen-bond acceptors (Lipinski definition) is 2. The molecule has 0 spiro atoms. The fourth-order valence-corrected chi connectivity index (χ4v) is 1.79. The Balaban J connectivity index is 2.20. The minimum absolute atomic E-state index is 0.249. The fraction of sp³-hybridized carbons (Fsp3) is 0. The number of phenols is 1. The molecule has 2 aromatic carbocycles. The zero-order chi connectivity index (χ0) is 12.7. The number of H-pyrrole nitrogens is 1. The molecule has 0 saturated heterocycles. The van der Waals surface area contributed by atoms with Crippen LogP contribution in [0.1, 0.15) is 0 Å². The standard InChI is InChI=1S/C13H8F2N2O/c14-8-5-7(6-9(15)12(8)18)13-16-10-3-1-2-4-11(10)17-13/h1-6,18H,(H,16,17). The van der Waals surface area contributed by atoms with E-state index in [2.05, 4.69) is 9.97 Å². The molecule has 2 N–H and O–H groups in total. The van der Waals surface area contributed by atoms with Crippen molar-refractivity contribution in [2.45, 2.75) is 0 Å². The molecular formula is C13H8F2N2O. The van der Waals surface area contributed by atoms with Gasteiger partial charge in [0.25, 0.3) is 0 Å². The molecule has 1 heterocycles. The lowest BCUT2D eigenvalue weighted by atomic mass is 10.2. The van der Waals surface area contributed by atoms with Crippen molar-refractivity contribution in [1.29, 1.82) is 0 Å². The molecule has 0 bridgehead atoms. The van der Waals surface area contributed by atoms with Crippen LogP contribution >= 0.6 is 0 Å². The highest BCUT2D eigenvalue weighted by atomic mass is 19.1. The summed E-state index contributed by atoms with van der Waals surface area (Å²) in [6.07, 6.45) is 0. The number of imidazole rings is 1. The Morgan fingerprint density at radius 1 is 1.06 bits per heavy atom. The Labute approximate surface area is 101 Å². The van der Waals surface area contributed by atoms with Gasteiger partial charge < -0.3 is 10.1 Å². The third-order valence-electron chi connectivity index (χ3n) is 2.68. The summed E-state index contributed by atoms with van der Waals surface area (Å²) in [5.74, 6) is -2.64. The van der Waals surface area contributed by atoms with Gasteiger partial charge in [0.1, 0.15) is 5.82 Å². The Kier molecular flexibility index (Phi) is 2.26. The Bertz CT molecular complexity index is 681. The number of rotatable bonds is 1. The summed E-state index contributed by atoms with van der Waals surface area (Å²) in [4.78, 5) is 7.18. The molecule has 0 atom stereocenters. The van der Waals surface area contributed by atoms with Gasteiger partial charge in [-0.25, -0.2) is 13.8 Å². The molecule has 0 amide bonds. The van der Waals surface area contributed by atoms with Crippen molar-refractivity contribution in [3.05, 3.63) is 48.0 Å². The van der Waals surface area contributed by atoms with Crippen LogP contribution < -0.4 is 0 Å². The summed E-state index contributed by atoms with van der Waals surface area (Å²) in [6.45, 7) is 0. The molecule has 1 aromatic heterocycles. The molecule has 0 saturated carbocycles. The van der Waals surface area contributed by atoms with Gasteiger partial charge in [0, 0.05) is 5.56 Å². The topological polar surface area (TPSA) is 48.9 Å². The van der Waals surface area contributed by atoms with Crippen LogP contribution in [0.3, 0.4) is 0 Å². The molecule has 18 heavy (non-hydrogen) atoms. The van der Waals surface area contributed by atoms with Crippen LogP contribution in [-0.4, -0.2) is 15.1 Å². The maximum Gasteiger partial charge on any atom is 0.187 e. The van der Waals surface area contributed by atoms with Crippen LogP contribution in [0.15, 0.2) is 36.4 Å². The predicted molar refractivity (Wildman–Crippen MR) is 63.1 cm³/mol. The molecule has 0 unspecified atom stereocenters. The number of benzene rings is 2. The number of para-hydroxylation sites is 2. The summed E-state index contributed by atoms with van der Waals surface area (Å²) in [5.41, 5.74) is 1.74. The molecule has 0 aliphatic rings. The number of phenolic OH excluding ortho intramolecular Hbond substituents is 1. The molecule has 5 heteroatoms. The number of aromatic nitrogens is 2. The molecule has 3 aromatic rings. The second kappa shape index (κ2) is 3.80. The third-order valence-corrected chi connectivity index (χ3v) is 2.68.